The van der Waals surface area contributed by atoms with Gasteiger partial charge in [0.05, 0.1) is 42.1 Å². The van der Waals surface area contributed by atoms with Gasteiger partial charge in [0.15, 0.2) is 0 Å². The van der Waals surface area contributed by atoms with Crippen LogP contribution in [0.25, 0.3) is 22.3 Å². The first-order valence-corrected chi connectivity index (χ1v) is 20.0. The van der Waals surface area contributed by atoms with Crippen LogP contribution in [-0.2, 0) is 14.3 Å². The molecule has 5 atom stereocenters. The topological polar surface area (TPSA) is 136 Å². The summed E-state index contributed by atoms with van der Waals surface area (Å²) in [6.45, 7) is 11.8. The Kier molecular flexibility index (Phi) is 9.51. The van der Waals surface area contributed by atoms with Crippen molar-refractivity contribution in [2.24, 2.45) is 28.6 Å². The molecule has 2 aromatic heterocycles. The van der Waals surface area contributed by atoms with Gasteiger partial charge in [-0.3, -0.25) is 9.59 Å². The van der Waals surface area contributed by atoms with E-state index in [9.17, 15) is 14.4 Å². The summed E-state index contributed by atoms with van der Waals surface area (Å²) in [6, 6.07) is 13.3. The molecule has 11 heteroatoms. The number of aromatic nitrogens is 4. The molecule has 4 fully saturated rings. The maximum atomic E-state index is 14.0. The quantitative estimate of drug-likeness (QED) is 0.152. The third kappa shape index (κ3) is 7.24. The van der Waals surface area contributed by atoms with Gasteiger partial charge >= 0.3 is 6.09 Å². The van der Waals surface area contributed by atoms with Crippen LogP contribution in [-0.4, -0.2) is 73.9 Å². The first-order chi connectivity index (χ1) is 26.4. The zero-order chi connectivity index (χ0) is 38.6. The molecule has 2 aromatic carbocycles. The van der Waals surface area contributed by atoms with Crippen molar-refractivity contribution in [1.82, 2.24) is 35.1 Å². The van der Waals surface area contributed by atoms with E-state index in [0.29, 0.717) is 12.5 Å². The molecule has 11 nitrogen and oxygen atoms in total. The smallest absolute Gasteiger partial charge is 0.407 e. The van der Waals surface area contributed by atoms with E-state index in [0.717, 1.165) is 83.7 Å². The number of fused-ring (bicyclic) bond motifs is 1. The van der Waals surface area contributed by atoms with Crippen LogP contribution < -0.4 is 5.32 Å². The predicted octanol–water partition coefficient (Wildman–Crippen LogP) is 7.52. The van der Waals surface area contributed by atoms with Gasteiger partial charge in [0.2, 0.25) is 11.8 Å². The molecule has 2 spiro atoms. The van der Waals surface area contributed by atoms with Crippen molar-refractivity contribution in [3.05, 3.63) is 71.4 Å². The average molecular weight is 744 g/mol. The summed E-state index contributed by atoms with van der Waals surface area (Å²) in [7, 11) is 1.32. The van der Waals surface area contributed by atoms with E-state index >= 15 is 0 Å². The fourth-order valence-electron chi connectivity index (χ4n) is 8.53. The Labute approximate surface area is 323 Å². The average Bonchev–Trinajstić information content (AvgIpc) is 3.80. The van der Waals surface area contributed by atoms with Gasteiger partial charge < -0.3 is 29.8 Å². The number of ether oxygens (including phenoxy) is 1. The summed E-state index contributed by atoms with van der Waals surface area (Å²) < 4.78 is 4.85. The number of likely N-dealkylation sites (tertiary alicyclic amines) is 2. The zero-order valence-electron chi connectivity index (χ0n) is 32.9. The number of carbonyl (C=O) groups is 3. The summed E-state index contributed by atoms with van der Waals surface area (Å²) in [5.74, 6) is 8.64. The van der Waals surface area contributed by atoms with Crippen molar-refractivity contribution in [1.29, 1.82) is 0 Å². The van der Waals surface area contributed by atoms with Crippen molar-refractivity contribution in [3.63, 3.8) is 0 Å². The number of H-pyrrole nitrogens is 2. The van der Waals surface area contributed by atoms with Crippen LogP contribution in [0, 0.1) is 40.4 Å². The van der Waals surface area contributed by atoms with Crippen molar-refractivity contribution >= 4 is 28.9 Å². The number of nitrogens with one attached hydrogen (secondary N) is 3. The van der Waals surface area contributed by atoms with Gasteiger partial charge in [-0.2, -0.15) is 0 Å². The van der Waals surface area contributed by atoms with E-state index in [4.69, 9.17) is 14.7 Å². The number of alkyl carbamates (subject to hydrolysis) is 1. The van der Waals surface area contributed by atoms with Crippen molar-refractivity contribution < 1.29 is 19.1 Å². The summed E-state index contributed by atoms with van der Waals surface area (Å²) in [6.07, 6.45) is 8.38. The molecule has 8 rings (SSSR count). The normalized spacial score (nSPS) is 22.1. The van der Waals surface area contributed by atoms with E-state index in [1.165, 1.54) is 20.0 Å². The number of benzene rings is 2. The second-order valence-electron chi connectivity index (χ2n) is 17.3. The first-order valence-electron chi connectivity index (χ1n) is 20.0. The van der Waals surface area contributed by atoms with Crippen molar-refractivity contribution in [3.8, 4) is 23.1 Å². The lowest BCUT2D eigenvalue weighted by atomic mass is 9.96. The predicted molar refractivity (Wildman–Crippen MR) is 210 cm³/mol. The second-order valence-corrected chi connectivity index (χ2v) is 17.3. The molecule has 0 radical (unpaired) electrons. The van der Waals surface area contributed by atoms with Crippen LogP contribution in [0.4, 0.5) is 4.79 Å². The summed E-state index contributed by atoms with van der Waals surface area (Å²) >= 11 is 0. The standard InChI is InChI=1S/C44H53N7O4/c1-7-27(4)37(49-42(54)55-6)41(53)51-25-43(16-17-43)21-35(51)38-45-23-34(48-38)31-13-10-29(11-14-31)8-9-30-12-15-32-33(20-30)47-39(46-32)36-22-44(18-19-44)24-50(36)40(52)28(5)26(2)3/h10-15,20,23,26-28,35-37H,7,16-19,21-22,24-25H2,1-6H3,(H,45,48)(H,46,47)(H,49,54)/t27-,28+,35+,36+,37+/m1/s1. The number of imidazole rings is 2. The molecule has 3 N–H and O–H groups in total. The van der Waals surface area contributed by atoms with Crippen LogP contribution in [0.15, 0.2) is 48.7 Å². The highest BCUT2D eigenvalue weighted by atomic mass is 16.5. The Hall–Kier alpha value is -5.11. The Balaban J connectivity index is 0.960. The highest BCUT2D eigenvalue weighted by Gasteiger charge is 2.56. The van der Waals surface area contributed by atoms with Crippen LogP contribution >= 0.6 is 0 Å². The molecule has 4 heterocycles. The van der Waals surface area contributed by atoms with Gasteiger partial charge in [-0.05, 0) is 97.1 Å². The van der Waals surface area contributed by atoms with Crippen LogP contribution in [0.2, 0.25) is 0 Å². The molecule has 2 aliphatic carbocycles. The fraction of sp³-hybridized carbons (Fsp3) is 0.523. The van der Waals surface area contributed by atoms with Gasteiger partial charge in [0.25, 0.3) is 0 Å². The van der Waals surface area contributed by atoms with Gasteiger partial charge in [0.1, 0.15) is 17.7 Å². The van der Waals surface area contributed by atoms with Crippen molar-refractivity contribution in [2.45, 2.75) is 97.7 Å². The second kappa shape index (κ2) is 14.2. The number of methoxy groups -OCH3 is 1. The monoisotopic (exact) mass is 743 g/mol. The zero-order valence-corrected chi connectivity index (χ0v) is 32.9. The molecular formula is C44H53N7O4. The molecule has 3 amide bonds. The van der Waals surface area contributed by atoms with Gasteiger partial charge in [-0.25, -0.2) is 14.8 Å². The maximum Gasteiger partial charge on any atom is 0.407 e. The highest BCUT2D eigenvalue weighted by molar-refractivity contribution is 5.87. The highest BCUT2D eigenvalue weighted by Crippen LogP contribution is 2.59. The Morgan fingerprint density at radius 3 is 2.11 bits per heavy atom. The van der Waals surface area contributed by atoms with Gasteiger partial charge in [-0.1, -0.05) is 65.0 Å². The maximum absolute atomic E-state index is 14.0. The van der Waals surface area contributed by atoms with E-state index in [1.807, 2.05) is 74.3 Å². The number of hydrogen-bond acceptors (Lipinski definition) is 6. The molecule has 0 unspecified atom stereocenters. The van der Waals surface area contributed by atoms with Crippen LogP contribution in [0.5, 0.6) is 0 Å². The first kappa shape index (κ1) is 36.8. The number of hydrogen-bond donors (Lipinski definition) is 3. The lowest BCUT2D eigenvalue weighted by molar-refractivity contribution is -0.137. The Morgan fingerprint density at radius 2 is 1.49 bits per heavy atom. The molecule has 4 aromatic rings. The summed E-state index contributed by atoms with van der Waals surface area (Å²) in [4.78, 5) is 60.5. The van der Waals surface area contributed by atoms with E-state index in [1.54, 1.807) is 0 Å². The number of amides is 3. The molecule has 4 aliphatic rings. The molecule has 288 valence electrons. The summed E-state index contributed by atoms with van der Waals surface area (Å²) in [5, 5.41) is 2.79. The number of aromatic amines is 2. The van der Waals surface area contributed by atoms with Crippen molar-refractivity contribution in [2.75, 3.05) is 20.2 Å². The minimum atomic E-state index is -0.663. The number of carbonyl (C=O) groups excluding carboxylic acids is 3. The Bertz CT molecular complexity index is 2170. The molecule has 0 bridgehead atoms. The lowest BCUT2D eigenvalue weighted by Crippen LogP contribution is -2.51. The number of rotatable bonds is 9. The minimum Gasteiger partial charge on any atom is -0.453 e. The molecule has 55 heavy (non-hydrogen) atoms. The molecular weight excluding hydrogens is 691 g/mol. The van der Waals surface area contributed by atoms with E-state index in [2.05, 4.69) is 45.9 Å². The molecule has 2 saturated heterocycles. The number of nitrogens with zero attached hydrogens (tertiary/aromatic N) is 4. The van der Waals surface area contributed by atoms with Crippen LogP contribution in [0.3, 0.4) is 0 Å². The molecule has 2 aliphatic heterocycles. The molecule has 2 saturated carbocycles. The van der Waals surface area contributed by atoms with E-state index in [-0.39, 0.29) is 46.6 Å². The third-order valence-corrected chi connectivity index (χ3v) is 13.1. The third-order valence-electron chi connectivity index (χ3n) is 13.1. The van der Waals surface area contributed by atoms with Gasteiger partial charge in [0, 0.05) is 30.1 Å². The van der Waals surface area contributed by atoms with E-state index < -0.39 is 12.1 Å². The summed E-state index contributed by atoms with van der Waals surface area (Å²) in [5.41, 5.74) is 5.84. The van der Waals surface area contributed by atoms with Crippen LogP contribution in [0.1, 0.15) is 114 Å². The SMILES string of the molecule is CC[C@@H](C)[C@H](NC(=O)OC)C(=O)N1CC2(CC2)C[C@H]1c1ncc(-c2ccc(C#Cc3ccc4nc([C@@H]5CC6(CC6)CN5C(=O)[C@@H](C)C(C)C)[nH]c4c3)cc2)[nH]1. The lowest BCUT2D eigenvalue weighted by Gasteiger charge is -2.31. The Morgan fingerprint density at radius 1 is 0.873 bits per heavy atom. The minimum absolute atomic E-state index is 0.0182. The fourth-order valence-corrected chi connectivity index (χ4v) is 8.53. The van der Waals surface area contributed by atoms with Gasteiger partial charge in [-0.15, -0.1) is 0 Å². The largest absolute Gasteiger partial charge is 0.453 e.